The topological polar surface area (TPSA) is 38.4 Å². The van der Waals surface area contributed by atoms with Crippen LogP contribution in [0.25, 0.3) is 0 Å². The summed E-state index contributed by atoms with van der Waals surface area (Å²) in [5.74, 6) is 6.34. The third-order valence-corrected chi connectivity index (χ3v) is 3.65. The fraction of sp³-hybridized carbons (Fsp3) is 0.0455. The first-order chi connectivity index (χ1) is 11.7. The molecule has 2 N–H and O–H groups in total. The SMILES string of the molecule is CC(=Nc1ccccc1N)c1ccc(C#Cc2ccccc2)cc1. The Morgan fingerprint density at radius 2 is 1.33 bits per heavy atom. The number of nitrogens with zero attached hydrogens (tertiary/aromatic N) is 1. The highest BCUT2D eigenvalue weighted by atomic mass is 14.8. The molecule has 0 amide bonds. The molecule has 0 heterocycles. The van der Waals surface area contributed by atoms with E-state index in [1.807, 2.05) is 85.8 Å². The average molecular weight is 310 g/mol. The second-order valence-electron chi connectivity index (χ2n) is 5.45. The van der Waals surface area contributed by atoms with Gasteiger partial charge in [0.2, 0.25) is 0 Å². The molecule has 3 rings (SSSR count). The predicted molar refractivity (Wildman–Crippen MR) is 102 cm³/mol. The van der Waals surface area contributed by atoms with Gasteiger partial charge in [0.1, 0.15) is 0 Å². The Balaban J connectivity index is 1.80. The van der Waals surface area contributed by atoms with E-state index >= 15 is 0 Å². The molecule has 0 atom stereocenters. The van der Waals surface area contributed by atoms with Gasteiger partial charge in [-0.05, 0) is 48.9 Å². The molecule has 116 valence electrons. The fourth-order valence-electron chi connectivity index (χ4n) is 2.30. The highest BCUT2D eigenvalue weighted by molar-refractivity contribution is 6.00. The number of aliphatic imine (C=N–C) groups is 1. The van der Waals surface area contributed by atoms with E-state index in [4.69, 9.17) is 5.73 Å². The van der Waals surface area contributed by atoms with Gasteiger partial charge in [0, 0.05) is 16.8 Å². The van der Waals surface area contributed by atoms with Crippen molar-refractivity contribution in [1.82, 2.24) is 0 Å². The summed E-state index contributed by atoms with van der Waals surface area (Å²) in [6, 6.07) is 25.7. The zero-order valence-corrected chi connectivity index (χ0v) is 13.5. The van der Waals surface area contributed by atoms with Crippen LogP contribution in [0.3, 0.4) is 0 Å². The van der Waals surface area contributed by atoms with E-state index in [-0.39, 0.29) is 0 Å². The number of para-hydroxylation sites is 2. The maximum absolute atomic E-state index is 5.94. The highest BCUT2D eigenvalue weighted by Crippen LogP contribution is 2.21. The minimum absolute atomic E-state index is 0.683. The molecule has 0 radical (unpaired) electrons. The summed E-state index contributed by atoms with van der Waals surface area (Å²) in [6.07, 6.45) is 0. The largest absolute Gasteiger partial charge is 0.397 e. The Kier molecular flexibility index (Phi) is 4.74. The highest BCUT2D eigenvalue weighted by Gasteiger charge is 2.00. The molecule has 3 aromatic rings. The van der Waals surface area contributed by atoms with Crippen molar-refractivity contribution in [1.29, 1.82) is 0 Å². The van der Waals surface area contributed by atoms with E-state index in [1.54, 1.807) is 0 Å². The van der Waals surface area contributed by atoms with Crippen LogP contribution < -0.4 is 5.73 Å². The number of nitrogens with two attached hydrogens (primary N) is 1. The molecule has 0 bridgehead atoms. The molecular formula is C22H18N2. The summed E-state index contributed by atoms with van der Waals surface area (Å²) >= 11 is 0. The first kappa shape index (κ1) is 15.6. The van der Waals surface area contributed by atoms with E-state index in [9.17, 15) is 0 Å². The molecule has 0 spiro atoms. The molecule has 2 heteroatoms. The summed E-state index contributed by atoms with van der Waals surface area (Å²) < 4.78 is 0. The Morgan fingerprint density at radius 3 is 2.00 bits per heavy atom. The Hall–Kier alpha value is -3.31. The fourth-order valence-corrected chi connectivity index (χ4v) is 2.30. The summed E-state index contributed by atoms with van der Waals surface area (Å²) in [6.45, 7) is 1.98. The van der Waals surface area contributed by atoms with Gasteiger partial charge in [0.15, 0.2) is 0 Å². The molecular weight excluding hydrogens is 292 g/mol. The lowest BCUT2D eigenvalue weighted by molar-refractivity contribution is 1.47. The summed E-state index contributed by atoms with van der Waals surface area (Å²) in [5.41, 5.74) is 11.4. The van der Waals surface area contributed by atoms with E-state index in [1.165, 1.54) is 0 Å². The zero-order chi connectivity index (χ0) is 16.8. The minimum Gasteiger partial charge on any atom is -0.397 e. The number of hydrogen-bond acceptors (Lipinski definition) is 2. The van der Waals surface area contributed by atoms with Crippen molar-refractivity contribution in [2.45, 2.75) is 6.92 Å². The van der Waals surface area contributed by atoms with Gasteiger partial charge in [-0.25, -0.2) is 0 Å². The van der Waals surface area contributed by atoms with Crippen molar-refractivity contribution in [2.24, 2.45) is 4.99 Å². The average Bonchev–Trinajstić information content (AvgIpc) is 2.63. The van der Waals surface area contributed by atoms with Crippen molar-refractivity contribution in [3.05, 3.63) is 95.6 Å². The first-order valence-corrected chi connectivity index (χ1v) is 7.80. The Bertz CT molecular complexity index is 911. The molecule has 0 aliphatic carbocycles. The molecule has 0 aromatic heterocycles. The van der Waals surface area contributed by atoms with Gasteiger partial charge in [-0.2, -0.15) is 0 Å². The lowest BCUT2D eigenvalue weighted by Crippen LogP contribution is -1.95. The van der Waals surface area contributed by atoms with Crippen molar-refractivity contribution in [2.75, 3.05) is 5.73 Å². The zero-order valence-electron chi connectivity index (χ0n) is 13.5. The van der Waals surface area contributed by atoms with Crippen LogP contribution in [-0.4, -0.2) is 5.71 Å². The van der Waals surface area contributed by atoms with Crippen molar-refractivity contribution in [3.8, 4) is 11.8 Å². The van der Waals surface area contributed by atoms with Crippen LogP contribution in [-0.2, 0) is 0 Å². The van der Waals surface area contributed by atoms with Crippen LogP contribution in [0.4, 0.5) is 11.4 Å². The van der Waals surface area contributed by atoms with E-state index in [0.717, 1.165) is 28.1 Å². The molecule has 3 aromatic carbocycles. The predicted octanol–water partition coefficient (Wildman–Crippen LogP) is 4.81. The number of rotatable bonds is 2. The molecule has 0 saturated heterocycles. The van der Waals surface area contributed by atoms with Gasteiger partial charge in [-0.15, -0.1) is 0 Å². The second-order valence-corrected chi connectivity index (χ2v) is 5.45. The van der Waals surface area contributed by atoms with Gasteiger partial charge in [0.25, 0.3) is 0 Å². The van der Waals surface area contributed by atoms with Crippen molar-refractivity contribution in [3.63, 3.8) is 0 Å². The van der Waals surface area contributed by atoms with E-state index in [2.05, 4.69) is 16.8 Å². The molecule has 0 fully saturated rings. The van der Waals surface area contributed by atoms with Crippen molar-refractivity contribution < 1.29 is 0 Å². The number of nitrogen functional groups attached to an aromatic ring is 1. The van der Waals surface area contributed by atoms with Crippen molar-refractivity contribution >= 4 is 17.1 Å². The normalized spacial score (nSPS) is 10.8. The smallest absolute Gasteiger partial charge is 0.0862 e. The van der Waals surface area contributed by atoms with Gasteiger partial charge in [0.05, 0.1) is 11.4 Å². The quantitative estimate of drug-likeness (QED) is 0.412. The summed E-state index contributed by atoms with van der Waals surface area (Å²) in [4.78, 5) is 4.61. The molecule has 0 saturated carbocycles. The van der Waals surface area contributed by atoms with Gasteiger partial charge < -0.3 is 5.73 Å². The third kappa shape index (κ3) is 3.91. The van der Waals surface area contributed by atoms with Crippen LogP contribution in [0.5, 0.6) is 0 Å². The number of benzene rings is 3. The van der Waals surface area contributed by atoms with Crippen LogP contribution in [0.15, 0.2) is 83.9 Å². The molecule has 24 heavy (non-hydrogen) atoms. The standard InChI is InChI=1S/C22H18N2/c1-17(24-22-10-6-5-9-21(22)23)20-15-13-19(14-16-20)12-11-18-7-3-2-4-8-18/h2-10,13-16H,23H2,1H3. The third-order valence-electron chi connectivity index (χ3n) is 3.65. The minimum atomic E-state index is 0.683. The van der Waals surface area contributed by atoms with Crippen LogP contribution in [0.2, 0.25) is 0 Å². The summed E-state index contributed by atoms with van der Waals surface area (Å²) in [7, 11) is 0. The lowest BCUT2D eigenvalue weighted by atomic mass is 10.1. The summed E-state index contributed by atoms with van der Waals surface area (Å²) in [5, 5.41) is 0. The molecule has 0 unspecified atom stereocenters. The molecule has 0 aliphatic rings. The Morgan fingerprint density at radius 1 is 0.750 bits per heavy atom. The van der Waals surface area contributed by atoms with Gasteiger partial charge >= 0.3 is 0 Å². The molecule has 2 nitrogen and oxygen atoms in total. The van der Waals surface area contributed by atoms with Gasteiger partial charge in [-0.1, -0.05) is 54.3 Å². The monoisotopic (exact) mass is 310 g/mol. The van der Waals surface area contributed by atoms with Gasteiger partial charge in [-0.3, -0.25) is 4.99 Å². The lowest BCUT2D eigenvalue weighted by Gasteiger charge is -2.03. The van der Waals surface area contributed by atoms with Crippen LogP contribution >= 0.6 is 0 Å². The van der Waals surface area contributed by atoms with Crippen LogP contribution in [0.1, 0.15) is 23.6 Å². The molecule has 0 aliphatic heterocycles. The maximum atomic E-state index is 5.94. The maximum Gasteiger partial charge on any atom is 0.0862 e. The van der Waals surface area contributed by atoms with E-state index in [0.29, 0.717) is 5.69 Å². The Labute approximate surface area is 142 Å². The first-order valence-electron chi connectivity index (χ1n) is 7.80. The number of hydrogen-bond donors (Lipinski definition) is 1. The van der Waals surface area contributed by atoms with Crippen LogP contribution in [0, 0.1) is 11.8 Å². The number of anilines is 1. The van der Waals surface area contributed by atoms with E-state index < -0.39 is 0 Å². The second kappa shape index (κ2) is 7.30.